The number of carboxylic acid groups (broad SMARTS) is 1. The zero-order valence-corrected chi connectivity index (χ0v) is 8.04. The van der Waals surface area contributed by atoms with Crippen LogP contribution in [0.4, 0.5) is 11.4 Å². The predicted molar refractivity (Wildman–Crippen MR) is 55.5 cm³/mol. The third-order valence-electron chi connectivity index (χ3n) is 1.84. The van der Waals surface area contributed by atoms with Crippen LogP contribution < -0.4 is 11.5 Å². The van der Waals surface area contributed by atoms with Crippen LogP contribution in [0.5, 0.6) is 0 Å². The minimum Gasteiger partial charge on any atom is -0.475 e. The lowest BCUT2D eigenvalue weighted by Gasteiger charge is -1.99. The fourth-order valence-electron chi connectivity index (χ4n) is 1.23. The average Bonchev–Trinajstić information content (AvgIpc) is 2.64. The Hall–Kier alpha value is -2.57. The summed E-state index contributed by atoms with van der Waals surface area (Å²) in [5, 5.41) is 11.9. The summed E-state index contributed by atoms with van der Waals surface area (Å²) in [4.78, 5) is 14.2. The number of aromatic carboxylic acids is 1. The summed E-state index contributed by atoms with van der Waals surface area (Å²) in [6.07, 6.45) is 0. The quantitative estimate of drug-likeness (QED) is 0.632. The maximum Gasteiger partial charge on any atom is 0.377 e. The zero-order chi connectivity index (χ0) is 11.7. The number of carbonyl (C=O) groups is 1. The minimum absolute atomic E-state index is 0.0661. The SMILES string of the molecule is Nc1cc(N)cc(-c2nc(C(=O)O)no2)c1. The number of aromatic nitrogens is 2. The number of rotatable bonds is 2. The summed E-state index contributed by atoms with van der Waals surface area (Å²) in [5.41, 5.74) is 12.5. The maximum absolute atomic E-state index is 10.5. The van der Waals surface area contributed by atoms with Crippen molar-refractivity contribution >= 4 is 17.3 Å². The lowest BCUT2D eigenvalue weighted by molar-refractivity contribution is 0.0680. The molecule has 1 aromatic heterocycles. The molecule has 7 nitrogen and oxygen atoms in total. The second-order valence-electron chi connectivity index (χ2n) is 3.12. The van der Waals surface area contributed by atoms with Gasteiger partial charge in [-0.1, -0.05) is 0 Å². The van der Waals surface area contributed by atoms with Crippen LogP contribution in [0.3, 0.4) is 0 Å². The third kappa shape index (κ3) is 1.78. The van der Waals surface area contributed by atoms with E-state index < -0.39 is 11.8 Å². The smallest absolute Gasteiger partial charge is 0.377 e. The molecular weight excluding hydrogens is 212 g/mol. The van der Waals surface area contributed by atoms with Crippen molar-refractivity contribution in [2.75, 3.05) is 11.5 Å². The fraction of sp³-hybridized carbons (Fsp3) is 0. The number of benzene rings is 1. The first-order valence-corrected chi connectivity index (χ1v) is 4.29. The van der Waals surface area contributed by atoms with E-state index in [0.717, 1.165) is 0 Å². The molecule has 0 aliphatic heterocycles. The number of anilines is 2. The number of nitrogens with two attached hydrogens (primary N) is 2. The van der Waals surface area contributed by atoms with Gasteiger partial charge in [0.05, 0.1) is 0 Å². The Labute approximate surface area is 89.7 Å². The molecule has 2 rings (SSSR count). The lowest BCUT2D eigenvalue weighted by atomic mass is 10.2. The molecule has 0 fully saturated rings. The van der Waals surface area contributed by atoms with Gasteiger partial charge in [0.25, 0.3) is 11.7 Å². The molecule has 82 valence electrons. The van der Waals surface area contributed by atoms with Crippen LogP contribution in [0, 0.1) is 0 Å². The zero-order valence-electron chi connectivity index (χ0n) is 8.04. The Morgan fingerprint density at radius 1 is 1.25 bits per heavy atom. The number of nitrogen functional groups attached to an aromatic ring is 2. The highest BCUT2D eigenvalue weighted by molar-refractivity contribution is 5.83. The first-order chi connectivity index (χ1) is 7.56. The largest absolute Gasteiger partial charge is 0.475 e. The molecule has 2 aromatic rings. The van der Waals surface area contributed by atoms with E-state index in [4.69, 9.17) is 21.1 Å². The van der Waals surface area contributed by atoms with Crippen molar-refractivity contribution in [1.29, 1.82) is 0 Å². The summed E-state index contributed by atoms with van der Waals surface area (Å²) in [6, 6.07) is 4.70. The second-order valence-corrected chi connectivity index (χ2v) is 3.12. The molecule has 0 saturated carbocycles. The first-order valence-electron chi connectivity index (χ1n) is 4.29. The molecule has 0 radical (unpaired) electrons. The van der Waals surface area contributed by atoms with Gasteiger partial charge in [0.15, 0.2) is 0 Å². The minimum atomic E-state index is -1.26. The topological polar surface area (TPSA) is 128 Å². The van der Waals surface area contributed by atoms with Crippen LogP contribution in [0.15, 0.2) is 22.7 Å². The number of carboxylic acids is 1. The highest BCUT2D eigenvalue weighted by atomic mass is 16.5. The van der Waals surface area contributed by atoms with Crippen molar-refractivity contribution in [1.82, 2.24) is 10.1 Å². The van der Waals surface area contributed by atoms with Crippen molar-refractivity contribution in [2.45, 2.75) is 0 Å². The Balaban J connectivity index is 2.46. The van der Waals surface area contributed by atoms with Gasteiger partial charge in [0.1, 0.15) is 0 Å². The van der Waals surface area contributed by atoms with Crippen molar-refractivity contribution in [3.8, 4) is 11.5 Å². The van der Waals surface area contributed by atoms with E-state index >= 15 is 0 Å². The standard InChI is InChI=1S/C9H8N4O3/c10-5-1-4(2-6(11)3-5)8-12-7(9(14)15)13-16-8/h1-3H,10-11H2,(H,14,15). The molecule has 0 saturated heterocycles. The van der Waals surface area contributed by atoms with Gasteiger partial charge < -0.3 is 21.1 Å². The number of nitrogens with zero attached hydrogens (tertiary/aromatic N) is 2. The summed E-state index contributed by atoms with van der Waals surface area (Å²) < 4.78 is 4.77. The van der Waals surface area contributed by atoms with Crippen LogP contribution >= 0.6 is 0 Å². The van der Waals surface area contributed by atoms with E-state index in [1.165, 1.54) is 0 Å². The van der Waals surface area contributed by atoms with E-state index in [1.807, 2.05) is 0 Å². The van der Waals surface area contributed by atoms with Gasteiger partial charge in [-0.2, -0.15) is 4.98 Å². The molecule has 0 amide bonds. The van der Waals surface area contributed by atoms with Gasteiger partial charge in [-0.15, -0.1) is 0 Å². The lowest BCUT2D eigenvalue weighted by Crippen LogP contribution is -1.98. The molecule has 5 N–H and O–H groups in total. The Morgan fingerprint density at radius 3 is 2.38 bits per heavy atom. The van der Waals surface area contributed by atoms with Crippen molar-refractivity contribution < 1.29 is 14.4 Å². The molecule has 0 aliphatic rings. The Morgan fingerprint density at radius 2 is 1.88 bits per heavy atom. The summed E-state index contributed by atoms with van der Waals surface area (Å²) in [6.45, 7) is 0. The van der Waals surface area contributed by atoms with Crippen LogP contribution in [0.1, 0.15) is 10.6 Å². The van der Waals surface area contributed by atoms with Gasteiger partial charge in [-0.05, 0) is 23.4 Å². The number of hydrogen-bond acceptors (Lipinski definition) is 6. The van der Waals surface area contributed by atoms with E-state index in [-0.39, 0.29) is 5.89 Å². The second kappa shape index (κ2) is 3.54. The average molecular weight is 220 g/mol. The Kier molecular flexibility index (Phi) is 2.20. The highest BCUT2D eigenvalue weighted by Crippen LogP contribution is 2.23. The molecule has 0 spiro atoms. The molecule has 1 aromatic carbocycles. The van der Waals surface area contributed by atoms with Gasteiger partial charge in [0, 0.05) is 16.9 Å². The van der Waals surface area contributed by atoms with Gasteiger partial charge in [0.2, 0.25) is 0 Å². The van der Waals surface area contributed by atoms with Gasteiger partial charge in [-0.25, -0.2) is 4.79 Å². The van der Waals surface area contributed by atoms with Crippen LogP contribution in [-0.4, -0.2) is 21.2 Å². The van der Waals surface area contributed by atoms with Gasteiger partial charge >= 0.3 is 5.97 Å². The summed E-state index contributed by atoms with van der Waals surface area (Å²) in [7, 11) is 0. The van der Waals surface area contributed by atoms with Gasteiger partial charge in [-0.3, -0.25) is 0 Å². The van der Waals surface area contributed by atoms with E-state index in [1.54, 1.807) is 18.2 Å². The highest BCUT2D eigenvalue weighted by Gasteiger charge is 2.14. The van der Waals surface area contributed by atoms with Crippen molar-refractivity contribution in [2.24, 2.45) is 0 Å². The monoisotopic (exact) mass is 220 g/mol. The van der Waals surface area contributed by atoms with Crippen LogP contribution in [0.2, 0.25) is 0 Å². The van der Waals surface area contributed by atoms with Crippen LogP contribution in [0.25, 0.3) is 11.5 Å². The van der Waals surface area contributed by atoms with Crippen LogP contribution in [-0.2, 0) is 0 Å². The molecule has 1 heterocycles. The molecule has 0 atom stereocenters. The normalized spacial score (nSPS) is 10.2. The van der Waals surface area contributed by atoms with E-state index in [2.05, 4.69) is 10.1 Å². The molecule has 0 unspecified atom stereocenters. The predicted octanol–water partition coefficient (Wildman–Crippen LogP) is 0.599. The molecule has 7 heteroatoms. The molecule has 16 heavy (non-hydrogen) atoms. The van der Waals surface area contributed by atoms with Crippen molar-refractivity contribution in [3.05, 3.63) is 24.0 Å². The fourth-order valence-corrected chi connectivity index (χ4v) is 1.23. The van der Waals surface area contributed by atoms with Crippen molar-refractivity contribution in [3.63, 3.8) is 0 Å². The first kappa shape index (κ1) is 9.97. The maximum atomic E-state index is 10.5. The van der Waals surface area contributed by atoms with E-state index in [9.17, 15) is 4.79 Å². The molecule has 0 bridgehead atoms. The number of hydrogen-bond donors (Lipinski definition) is 3. The Bertz CT molecular complexity index is 529. The molecule has 0 aliphatic carbocycles. The summed E-state index contributed by atoms with van der Waals surface area (Å²) >= 11 is 0. The summed E-state index contributed by atoms with van der Waals surface area (Å²) in [5.74, 6) is -1.60. The molecular formula is C9H8N4O3. The third-order valence-corrected chi connectivity index (χ3v) is 1.84. The van der Waals surface area contributed by atoms with E-state index in [0.29, 0.717) is 16.9 Å².